The zero-order valence-electron chi connectivity index (χ0n) is 18.8. The van der Waals surface area contributed by atoms with Gasteiger partial charge in [-0.2, -0.15) is 5.10 Å². The molecule has 2 aromatic rings. The van der Waals surface area contributed by atoms with E-state index in [1.54, 1.807) is 9.58 Å². The second-order valence-corrected chi connectivity index (χ2v) is 8.66. The van der Waals surface area contributed by atoms with E-state index < -0.39 is 0 Å². The molecule has 1 atom stereocenters. The Balaban J connectivity index is 1.34. The van der Waals surface area contributed by atoms with Gasteiger partial charge in [-0.25, -0.2) is 0 Å². The van der Waals surface area contributed by atoms with Crippen LogP contribution in [0.4, 0.5) is 0 Å². The van der Waals surface area contributed by atoms with Gasteiger partial charge in [0.05, 0.1) is 6.04 Å². The molecule has 0 aliphatic carbocycles. The summed E-state index contributed by atoms with van der Waals surface area (Å²) in [5, 5.41) is 7.45. The molecule has 1 N–H and O–H groups in total. The quantitative estimate of drug-likeness (QED) is 0.751. The third-order valence-corrected chi connectivity index (χ3v) is 6.43. The maximum atomic E-state index is 12.9. The molecule has 32 heavy (non-hydrogen) atoms. The van der Waals surface area contributed by atoms with Crippen molar-refractivity contribution in [2.24, 2.45) is 7.05 Å². The fourth-order valence-electron chi connectivity index (χ4n) is 4.56. The van der Waals surface area contributed by atoms with Crippen molar-refractivity contribution < 1.29 is 14.4 Å². The van der Waals surface area contributed by atoms with Gasteiger partial charge >= 0.3 is 0 Å². The lowest BCUT2D eigenvalue weighted by atomic mass is 10.0. The highest BCUT2D eigenvalue weighted by molar-refractivity contribution is 5.94. The number of nitrogens with zero attached hydrogens (tertiary/aromatic N) is 4. The number of nitrogens with one attached hydrogen (secondary N) is 1. The van der Waals surface area contributed by atoms with Crippen LogP contribution in [0.3, 0.4) is 0 Å². The van der Waals surface area contributed by atoms with E-state index in [1.165, 1.54) is 0 Å². The first-order valence-electron chi connectivity index (χ1n) is 11.4. The lowest BCUT2D eigenvalue weighted by Crippen LogP contribution is -2.38. The summed E-state index contributed by atoms with van der Waals surface area (Å²) < 4.78 is 1.78. The van der Waals surface area contributed by atoms with E-state index in [1.807, 2.05) is 49.2 Å². The lowest BCUT2D eigenvalue weighted by molar-refractivity contribution is -0.134. The molecule has 8 nitrogen and oxygen atoms in total. The molecule has 170 valence electrons. The number of aryl methyl sites for hydroxylation is 1. The first-order valence-corrected chi connectivity index (χ1v) is 11.4. The molecule has 2 aliphatic rings. The van der Waals surface area contributed by atoms with Gasteiger partial charge in [0.25, 0.3) is 5.91 Å². The molecule has 0 spiro atoms. The maximum absolute atomic E-state index is 12.9. The van der Waals surface area contributed by atoms with Gasteiger partial charge in [-0.3, -0.25) is 19.1 Å². The van der Waals surface area contributed by atoms with Crippen LogP contribution >= 0.6 is 0 Å². The van der Waals surface area contributed by atoms with Crippen molar-refractivity contribution in [3.63, 3.8) is 0 Å². The molecule has 8 heteroatoms. The molecule has 2 aliphatic heterocycles. The summed E-state index contributed by atoms with van der Waals surface area (Å²) >= 11 is 0. The first-order chi connectivity index (χ1) is 15.4. The number of carbonyl (C=O) groups excluding carboxylic acids is 3. The number of likely N-dealkylation sites (tertiary alicyclic amines) is 1. The average molecular weight is 438 g/mol. The molecule has 0 unspecified atom stereocenters. The Morgan fingerprint density at radius 3 is 2.47 bits per heavy atom. The smallest absolute Gasteiger partial charge is 0.274 e. The molecule has 0 radical (unpaired) electrons. The molecular weight excluding hydrogens is 406 g/mol. The van der Waals surface area contributed by atoms with Crippen LogP contribution in [-0.4, -0.2) is 56.9 Å². The monoisotopic (exact) mass is 437 g/mol. The summed E-state index contributed by atoms with van der Waals surface area (Å²) in [6, 6.07) is 9.64. The van der Waals surface area contributed by atoms with Crippen molar-refractivity contribution in [1.29, 1.82) is 0 Å². The molecule has 1 saturated heterocycles. The van der Waals surface area contributed by atoms with Crippen LogP contribution in [-0.2, 0) is 29.6 Å². The van der Waals surface area contributed by atoms with Gasteiger partial charge in [0.2, 0.25) is 11.8 Å². The number of amides is 3. The number of carbonyl (C=O) groups is 3. The third kappa shape index (κ3) is 4.69. The zero-order valence-corrected chi connectivity index (χ0v) is 18.8. The predicted octanol–water partition coefficient (Wildman–Crippen LogP) is 2.20. The van der Waals surface area contributed by atoms with Crippen molar-refractivity contribution >= 4 is 17.7 Å². The van der Waals surface area contributed by atoms with Crippen LogP contribution in [0.15, 0.2) is 30.3 Å². The van der Waals surface area contributed by atoms with Gasteiger partial charge in [-0.15, -0.1) is 0 Å². The number of aromatic nitrogens is 2. The summed E-state index contributed by atoms with van der Waals surface area (Å²) in [6.45, 7) is 4.42. The summed E-state index contributed by atoms with van der Waals surface area (Å²) in [6.07, 6.45) is 3.01. The van der Waals surface area contributed by atoms with E-state index in [0.717, 1.165) is 42.8 Å². The van der Waals surface area contributed by atoms with Crippen molar-refractivity contribution in [3.05, 3.63) is 52.8 Å². The minimum atomic E-state index is -0.140. The highest BCUT2D eigenvalue weighted by Gasteiger charge is 2.32. The highest BCUT2D eigenvalue weighted by Crippen LogP contribution is 2.25. The van der Waals surface area contributed by atoms with Gasteiger partial charge in [0.1, 0.15) is 0 Å². The van der Waals surface area contributed by atoms with Crippen molar-refractivity contribution in [2.45, 2.75) is 51.6 Å². The van der Waals surface area contributed by atoms with Gasteiger partial charge < -0.3 is 15.1 Å². The topological polar surface area (TPSA) is 87.5 Å². The largest absolute Gasteiger partial charge is 0.350 e. The van der Waals surface area contributed by atoms with Gasteiger partial charge in [0, 0.05) is 63.7 Å². The standard InChI is InChI=1S/C24H31N5O3/c1-17(18-8-4-3-5-9-18)25-21(30)10-11-22(31)29-15-12-20-19(16-29)23(26-27(20)2)24(32)28-13-6-7-14-28/h3-5,8-9,17H,6-7,10-16H2,1-2H3,(H,25,30)/t17-/m0/s1. The number of hydrogen-bond acceptors (Lipinski definition) is 4. The second-order valence-electron chi connectivity index (χ2n) is 8.66. The van der Waals surface area contributed by atoms with E-state index in [-0.39, 0.29) is 36.6 Å². The average Bonchev–Trinajstić information content (AvgIpc) is 3.46. The van der Waals surface area contributed by atoms with Gasteiger partial charge in [0.15, 0.2) is 5.69 Å². The Hall–Kier alpha value is -3.16. The maximum Gasteiger partial charge on any atom is 0.274 e. The third-order valence-electron chi connectivity index (χ3n) is 6.43. The van der Waals surface area contributed by atoms with Crippen LogP contribution in [0.2, 0.25) is 0 Å². The molecular formula is C24H31N5O3. The Kier molecular flexibility index (Phi) is 6.58. The number of hydrogen-bond donors (Lipinski definition) is 1. The van der Waals surface area contributed by atoms with E-state index in [0.29, 0.717) is 25.2 Å². The SMILES string of the molecule is C[C@H](NC(=O)CCC(=O)N1CCc2c(c(C(=O)N3CCCC3)nn2C)C1)c1ccccc1. The Labute approximate surface area is 188 Å². The van der Waals surface area contributed by atoms with Gasteiger partial charge in [-0.05, 0) is 25.3 Å². The predicted molar refractivity (Wildman–Crippen MR) is 120 cm³/mol. The van der Waals surface area contributed by atoms with Crippen LogP contribution in [0, 0.1) is 0 Å². The van der Waals surface area contributed by atoms with Crippen LogP contribution in [0.5, 0.6) is 0 Å². The molecule has 1 fully saturated rings. The van der Waals surface area contributed by atoms with Crippen LogP contribution in [0.25, 0.3) is 0 Å². The summed E-state index contributed by atoms with van der Waals surface area (Å²) in [5.74, 6) is -0.247. The summed E-state index contributed by atoms with van der Waals surface area (Å²) in [7, 11) is 1.86. The molecule has 1 aromatic carbocycles. The number of benzene rings is 1. The molecule has 3 amide bonds. The minimum Gasteiger partial charge on any atom is -0.350 e. The summed E-state index contributed by atoms with van der Waals surface area (Å²) in [4.78, 5) is 41.7. The Bertz CT molecular complexity index is 995. The van der Waals surface area contributed by atoms with Gasteiger partial charge in [-0.1, -0.05) is 30.3 Å². The van der Waals surface area contributed by atoms with Crippen LogP contribution in [0.1, 0.15) is 66.0 Å². The van der Waals surface area contributed by atoms with E-state index in [9.17, 15) is 14.4 Å². The number of fused-ring (bicyclic) bond motifs is 1. The van der Waals surface area contributed by atoms with Crippen LogP contribution < -0.4 is 5.32 Å². The summed E-state index contributed by atoms with van der Waals surface area (Å²) in [5.41, 5.74) is 3.37. The first kappa shape index (κ1) is 22.0. The molecule has 3 heterocycles. The second kappa shape index (κ2) is 9.54. The Morgan fingerprint density at radius 2 is 1.75 bits per heavy atom. The Morgan fingerprint density at radius 1 is 1.03 bits per heavy atom. The molecule has 1 aromatic heterocycles. The van der Waals surface area contributed by atoms with E-state index >= 15 is 0 Å². The normalized spacial score (nSPS) is 16.6. The molecule has 4 rings (SSSR count). The molecule has 0 saturated carbocycles. The number of rotatable bonds is 6. The lowest BCUT2D eigenvalue weighted by Gasteiger charge is -2.28. The molecule has 0 bridgehead atoms. The van der Waals surface area contributed by atoms with E-state index in [2.05, 4.69) is 10.4 Å². The highest BCUT2D eigenvalue weighted by atomic mass is 16.2. The van der Waals surface area contributed by atoms with Crippen molar-refractivity contribution in [1.82, 2.24) is 24.9 Å². The fourth-order valence-corrected chi connectivity index (χ4v) is 4.56. The minimum absolute atomic E-state index is 0.0390. The van der Waals surface area contributed by atoms with Crippen molar-refractivity contribution in [3.8, 4) is 0 Å². The van der Waals surface area contributed by atoms with Crippen molar-refractivity contribution in [2.75, 3.05) is 19.6 Å². The van der Waals surface area contributed by atoms with E-state index in [4.69, 9.17) is 0 Å². The zero-order chi connectivity index (χ0) is 22.7. The fraction of sp³-hybridized carbons (Fsp3) is 0.500.